The Morgan fingerprint density at radius 3 is 3.00 bits per heavy atom. The highest BCUT2D eigenvalue weighted by Gasteiger charge is 2.05. The average molecular weight is 302 g/mol. The Morgan fingerprint density at radius 2 is 2.31 bits per heavy atom. The molecule has 84 valence electrons. The topological polar surface area (TPSA) is 41.1 Å². The molecule has 0 bridgehead atoms. The van der Waals surface area contributed by atoms with E-state index in [9.17, 15) is 4.79 Å². The van der Waals surface area contributed by atoms with Crippen LogP contribution in [0.5, 0.6) is 0 Å². The summed E-state index contributed by atoms with van der Waals surface area (Å²) in [5, 5.41) is 6.07. The Labute approximate surface area is 108 Å². The zero-order chi connectivity index (χ0) is 12.0. The molecule has 3 nitrogen and oxygen atoms in total. The summed E-state index contributed by atoms with van der Waals surface area (Å²) in [7, 11) is 0. The van der Waals surface area contributed by atoms with E-state index in [4.69, 9.17) is 18.0 Å². The number of carbonyl (C=O) groups is 1. The lowest BCUT2D eigenvalue weighted by atomic mass is 10.3. The molecule has 1 rings (SSSR count). The zero-order valence-corrected chi connectivity index (χ0v) is 10.7. The molecule has 0 atom stereocenters. The molecule has 0 fully saturated rings. The van der Waals surface area contributed by atoms with E-state index in [-0.39, 0.29) is 12.5 Å². The molecule has 0 aliphatic carbocycles. The maximum atomic E-state index is 11.4. The van der Waals surface area contributed by atoms with Crippen molar-refractivity contribution < 1.29 is 4.79 Å². The van der Waals surface area contributed by atoms with E-state index in [1.54, 1.807) is 18.2 Å². The number of nitrogens with one attached hydrogen (secondary N) is 2. The summed E-state index contributed by atoms with van der Waals surface area (Å²) in [5.41, 5.74) is 0.639. The molecule has 1 aromatic rings. The Balaban J connectivity index is 2.56. The summed E-state index contributed by atoms with van der Waals surface area (Å²) >= 11 is 9.13. The Kier molecular flexibility index (Phi) is 5.33. The molecule has 0 aromatic heterocycles. The lowest BCUT2D eigenvalue weighted by Crippen LogP contribution is -2.28. The first kappa shape index (κ1) is 13.0. The van der Waals surface area contributed by atoms with Crippen molar-refractivity contribution in [3.63, 3.8) is 0 Å². The van der Waals surface area contributed by atoms with Crippen molar-refractivity contribution in [1.29, 1.82) is 0 Å². The van der Waals surface area contributed by atoms with Crippen molar-refractivity contribution in [3.05, 3.63) is 27.7 Å². The summed E-state index contributed by atoms with van der Waals surface area (Å²) in [6, 6.07) is 5.18. The summed E-state index contributed by atoms with van der Waals surface area (Å²) in [6.07, 6.45) is 5.04. The Bertz CT molecular complexity index is 428. The molecule has 0 spiro atoms. The fraction of sp³-hybridized carbons (Fsp3) is 0.182. The van der Waals surface area contributed by atoms with Gasteiger partial charge in [0.2, 0.25) is 5.91 Å². The predicted octanol–water partition coefficient (Wildman–Crippen LogP) is 2.26. The molecule has 1 aromatic carbocycles. The molecule has 0 saturated carbocycles. The Morgan fingerprint density at radius 1 is 1.56 bits per heavy atom. The third kappa shape index (κ3) is 4.23. The normalized spacial score (nSPS) is 9.56. The number of amides is 1. The second-order valence-corrected chi connectivity index (χ2v) is 4.27. The molecule has 0 radical (unpaired) electrons. The number of hydrogen-bond donors (Lipinski definition) is 2. The van der Waals surface area contributed by atoms with Gasteiger partial charge in [0.15, 0.2) is 0 Å². The van der Waals surface area contributed by atoms with Crippen LogP contribution in [0.4, 0.5) is 5.69 Å². The van der Waals surface area contributed by atoms with Gasteiger partial charge < -0.3 is 5.32 Å². The van der Waals surface area contributed by atoms with Gasteiger partial charge >= 0.3 is 0 Å². The quantitative estimate of drug-likeness (QED) is 0.661. The van der Waals surface area contributed by atoms with E-state index >= 15 is 0 Å². The number of anilines is 1. The molecule has 0 aliphatic heterocycles. The van der Waals surface area contributed by atoms with E-state index in [1.165, 1.54) is 0 Å². The van der Waals surface area contributed by atoms with Gasteiger partial charge in [-0.1, -0.05) is 17.5 Å². The molecule has 1 amide bonds. The summed E-state index contributed by atoms with van der Waals surface area (Å²) in [4.78, 5) is 11.4. The highest BCUT2D eigenvalue weighted by Crippen LogP contribution is 2.25. The van der Waals surface area contributed by atoms with Gasteiger partial charge in [-0.2, -0.15) is 0 Å². The van der Waals surface area contributed by atoms with Gasteiger partial charge in [-0.15, -0.1) is 6.42 Å². The number of terminal acetylenes is 1. The molecule has 0 heterocycles. The van der Waals surface area contributed by atoms with E-state index in [0.29, 0.717) is 17.3 Å². The fourth-order valence-corrected chi connectivity index (χ4v) is 1.55. The standard InChI is InChI=1S/C11H10BrClN2O/c1-2-5-14-7-11(16)15-10-6-8(13)3-4-9(10)12/h1,3-4,6,14H,5,7H2,(H,15,16). The van der Waals surface area contributed by atoms with Crippen LogP contribution >= 0.6 is 27.5 Å². The predicted molar refractivity (Wildman–Crippen MR) is 69.5 cm³/mol. The van der Waals surface area contributed by atoms with Gasteiger partial charge in [0.25, 0.3) is 0 Å². The van der Waals surface area contributed by atoms with E-state index in [2.05, 4.69) is 32.5 Å². The van der Waals surface area contributed by atoms with Crippen LogP contribution < -0.4 is 10.6 Å². The van der Waals surface area contributed by atoms with Crippen molar-refractivity contribution in [2.45, 2.75) is 0 Å². The van der Waals surface area contributed by atoms with Gasteiger partial charge in [0, 0.05) is 9.50 Å². The summed E-state index contributed by atoms with van der Waals surface area (Å²) in [5.74, 6) is 2.22. The third-order valence-corrected chi connectivity index (χ3v) is 2.64. The zero-order valence-electron chi connectivity index (χ0n) is 8.39. The molecular weight excluding hydrogens is 291 g/mol. The largest absolute Gasteiger partial charge is 0.324 e. The monoisotopic (exact) mass is 300 g/mol. The summed E-state index contributed by atoms with van der Waals surface area (Å²) < 4.78 is 0.780. The number of carbonyl (C=O) groups excluding carboxylic acids is 1. The highest BCUT2D eigenvalue weighted by molar-refractivity contribution is 9.10. The van der Waals surface area contributed by atoms with Crippen LogP contribution in [-0.4, -0.2) is 19.0 Å². The van der Waals surface area contributed by atoms with Crippen LogP contribution in [0.15, 0.2) is 22.7 Å². The van der Waals surface area contributed by atoms with E-state index in [1.807, 2.05) is 0 Å². The first-order valence-electron chi connectivity index (χ1n) is 4.52. The van der Waals surface area contributed by atoms with Gasteiger partial charge in [-0.3, -0.25) is 10.1 Å². The Hall–Kier alpha value is -1.02. The minimum absolute atomic E-state index is 0.168. The summed E-state index contributed by atoms with van der Waals surface area (Å²) in [6.45, 7) is 0.535. The SMILES string of the molecule is C#CCNCC(=O)Nc1cc(Cl)ccc1Br. The minimum atomic E-state index is -0.168. The van der Waals surface area contributed by atoms with Crippen LogP contribution in [0.1, 0.15) is 0 Å². The van der Waals surface area contributed by atoms with Crippen LogP contribution in [0.2, 0.25) is 5.02 Å². The van der Waals surface area contributed by atoms with Crippen molar-refractivity contribution in [2.75, 3.05) is 18.4 Å². The lowest BCUT2D eigenvalue weighted by Gasteiger charge is -2.07. The minimum Gasteiger partial charge on any atom is -0.324 e. The first-order chi connectivity index (χ1) is 7.63. The molecule has 2 N–H and O–H groups in total. The maximum absolute atomic E-state index is 11.4. The number of hydrogen-bond acceptors (Lipinski definition) is 2. The van der Waals surface area contributed by atoms with Crippen molar-refractivity contribution in [3.8, 4) is 12.3 Å². The van der Waals surface area contributed by atoms with Crippen molar-refractivity contribution in [2.24, 2.45) is 0 Å². The molecular formula is C11H10BrClN2O. The maximum Gasteiger partial charge on any atom is 0.238 e. The van der Waals surface area contributed by atoms with Crippen molar-refractivity contribution in [1.82, 2.24) is 5.32 Å². The van der Waals surface area contributed by atoms with Gasteiger partial charge in [-0.05, 0) is 34.1 Å². The number of halogens is 2. The lowest BCUT2D eigenvalue weighted by molar-refractivity contribution is -0.115. The second kappa shape index (κ2) is 6.54. The molecule has 0 saturated heterocycles. The third-order valence-electron chi connectivity index (χ3n) is 1.72. The van der Waals surface area contributed by atoms with Crippen LogP contribution in [0.3, 0.4) is 0 Å². The van der Waals surface area contributed by atoms with Crippen LogP contribution in [0.25, 0.3) is 0 Å². The van der Waals surface area contributed by atoms with Crippen LogP contribution in [-0.2, 0) is 4.79 Å². The number of rotatable bonds is 4. The molecule has 5 heteroatoms. The smallest absolute Gasteiger partial charge is 0.238 e. The van der Waals surface area contributed by atoms with E-state index in [0.717, 1.165) is 4.47 Å². The van der Waals surface area contributed by atoms with Gasteiger partial charge in [0.1, 0.15) is 0 Å². The molecule has 16 heavy (non-hydrogen) atoms. The fourth-order valence-electron chi connectivity index (χ4n) is 1.04. The van der Waals surface area contributed by atoms with Crippen molar-refractivity contribution >= 4 is 39.1 Å². The number of benzene rings is 1. The molecule has 0 aliphatic rings. The highest BCUT2D eigenvalue weighted by atomic mass is 79.9. The average Bonchev–Trinajstić information content (AvgIpc) is 2.24. The second-order valence-electron chi connectivity index (χ2n) is 2.98. The van der Waals surface area contributed by atoms with Gasteiger partial charge in [-0.25, -0.2) is 0 Å². The van der Waals surface area contributed by atoms with E-state index < -0.39 is 0 Å². The molecule has 0 unspecified atom stereocenters. The first-order valence-corrected chi connectivity index (χ1v) is 5.69. The van der Waals surface area contributed by atoms with Crippen LogP contribution in [0, 0.1) is 12.3 Å². The van der Waals surface area contributed by atoms with Gasteiger partial charge in [0.05, 0.1) is 18.8 Å².